The van der Waals surface area contributed by atoms with Crippen LogP contribution < -0.4 is 26.6 Å². The fourth-order valence-corrected chi connectivity index (χ4v) is 4.13. The molecule has 3 aromatic carbocycles. The van der Waals surface area contributed by atoms with Crippen molar-refractivity contribution in [3.8, 4) is 0 Å². The lowest BCUT2D eigenvalue weighted by Gasteiger charge is -2.28. The number of nitrogens with one attached hydrogen (secondary N) is 3. The molecule has 9 nitrogen and oxygen atoms in total. The standard InChI is InChI=1S/C30H37N5O4/c1-35(24-15-9-4-10-16-24)30(39)34-26(20-28(31)37)29(38)33-25(19-23-13-7-3-8-14-23)27(36)21-32-18-17-22-11-5-2-6-12-22/h2-16,25-27,32,36H,17-21H2,1H3,(H2,31,37)(H,33,38)(H,34,39). The average molecular weight is 532 g/mol. The lowest BCUT2D eigenvalue weighted by molar-refractivity contribution is -0.128. The highest BCUT2D eigenvalue weighted by atomic mass is 16.3. The third kappa shape index (κ3) is 9.88. The maximum absolute atomic E-state index is 13.3. The van der Waals surface area contributed by atoms with Crippen LogP contribution >= 0.6 is 0 Å². The van der Waals surface area contributed by atoms with E-state index in [0.717, 1.165) is 12.0 Å². The Balaban J connectivity index is 1.66. The summed E-state index contributed by atoms with van der Waals surface area (Å²) in [4.78, 5) is 39.3. The number of para-hydroxylation sites is 1. The van der Waals surface area contributed by atoms with Crippen LogP contribution in [0.3, 0.4) is 0 Å². The number of carbonyl (C=O) groups is 3. The molecule has 0 radical (unpaired) electrons. The van der Waals surface area contributed by atoms with Crippen molar-refractivity contribution in [1.82, 2.24) is 16.0 Å². The molecule has 3 atom stereocenters. The number of rotatable bonds is 14. The van der Waals surface area contributed by atoms with Gasteiger partial charge in [0.25, 0.3) is 0 Å². The molecule has 0 spiro atoms. The van der Waals surface area contributed by atoms with Crippen LogP contribution in [0.25, 0.3) is 0 Å². The highest BCUT2D eigenvalue weighted by Gasteiger charge is 2.29. The van der Waals surface area contributed by atoms with E-state index in [2.05, 4.69) is 16.0 Å². The van der Waals surface area contributed by atoms with Gasteiger partial charge < -0.3 is 26.8 Å². The summed E-state index contributed by atoms with van der Waals surface area (Å²) in [7, 11) is 1.56. The maximum Gasteiger partial charge on any atom is 0.322 e. The average Bonchev–Trinajstić information content (AvgIpc) is 2.95. The topological polar surface area (TPSA) is 137 Å². The van der Waals surface area contributed by atoms with Gasteiger partial charge in [-0.15, -0.1) is 0 Å². The number of aliphatic hydroxyl groups excluding tert-OH is 1. The Morgan fingerprint density at radius 3 is 2.00 bits per heavy atom. The second-order valence-corrected chi connectivity index (χ2v) is 9.38. The molecule has 3 rings (SSSR count). The Morgan fingerprint density at radius 2 is 1.41 bits per heavy atom. The van der Waals surface area contributed by atoms with E-state index in [1.165, 1.54) is 10.5 Å². The van der Waals surface area contributed by atoms with E-state index in [4.69, 9.17) is 5.73 Å². The summed E-state index contributed by atoms with van der Waals surface area (Å²) in [6.45, 7) is 0.896. The molecule has 9 heteroatoms. The van der Waals surface area contributed by atoms with Crippen molar-refractivity contribution in [2.24, 2.45) is 5.73 Å². The number of anilines is 1. The van der Waals surface area contributed by atoms with Crippen LogP contribution in [-0.2, 0) is 22.4 Å². The minimum absolute atomic E-state index is 0.244. The predicted octanol–water partition coefficient (Wildman–Crippen LogP) is 2.00. The van der Waals surface area contributed by atoms with Gasteiger partial charge in [0, 0.05) is 19.3 Å². The number of hydrogen-bond donors (Lipinski definition) is 5. The molecule has 206 valence electrons. The van der Waals surface area contributed by atoms with E-state index in [1.807, 2.05) is 66.7 Å². The number of hydrogen-bond acceptors (Lipinski definition) is 5. The number of benzene rings is 3. The first-order chi connectivity index (χ1) is 18.8. The summed E-state index contributed by atoms with van der Waals surface area (Å²) in [6.07, 6.45) is -0.161. The maximum atomic E-state index is 13.3. The zero-order chi connectivity index (χ0) is 28.0. The summed E-state index contributed by atoms with van der Waals surface area (Å²) in [5, 5.41) is 19.7. The molecule has 0 saturated carbocycles. The first-order valence-corrected chi connectivity index (χ1v) is 13.0. The predicted molar refractivity (Wildman–Crippen MR) is 152 cm³/mol. The van der Waals surface area contributed by atoms with Gasteiger partial charge in [0.2, 0.25) is 11.8 Å². The lowest BCUT2D eigenvalue weighted by atomic mass is 10.00. The van der Waals surface area contributed by atoms with Crippen LogP contribution in [0.4, 0.5) is 10.5 Å². The smallest absolute Gasteiger partial charge is 0.322 e. The quantitative estimate of drug-likeness (QED) is 0.203. The van der Waals surface area contributed by atoms with Gasteiger partial charge in [-0.3, -0.25) is 14.5 Å². The van der Waals surface area contributed by atoms with Crippen molar-refractivity contribution in [3.05, 3.63) is 102 Å². The number of urea groups is 1. The van der Waals surface area contributed by atoms with Crippen molar-refractivity contribution in [3.63, 3.8) is 0 Å². The van der Waals surface area contributed by atoms with Gasteiger partial charge in [-0.25, -0.2) is 4.79 Å². The molecule has 3 aromatic rings. The molecular formula is C30H37N5O4. The van der Waals surface area contributed by atoms with Crippen molar-refractivity contribution in [2.45, 2.75) is 37.5 Å². The van der Waals surface area contributed by atoms with Gasteiger partial charge in [0.05, 0.1) is 18.6 Å². The summed E-state index contributed by atoms with van der Waals surface area (Å²) in [5.41, 5.74) is 8.11. The van der Waals surface area contributed by atoms with Crippen LogP contribution in [0.2, 0.25) is 0 Å². The highest BCUT2D eigenvalue weighted by Crippen LogP contribution is 2.12. The van der Waals surface area contributed by atoms with Gasteiger partial charge in [0.15, 0.2) is 0 Å². The van der Waals surface area contributed by atoms with E-state index in [0.29, 0.717) is 18.7 Å². The molecule has 0 aliphatic carbocycles. The van der Waals surface area contributed by atoms with Crippen LogP contribution in [0.5, 0.6) is 0 Å². The number of nitrogens with two attached hydrogens (primary N) is 1. The summed E-state index contributed by atoms with van der Waals surface area (Å²) < 4.78 is 0. The zero-order valence-corrected chi connectivity index (χ0v) is 22.1. The molecule has 4 amide bonds. The lowest BCUT2D eigenvalue weighted by Crippen LogP contribution is -2.57. The number of nitrogens with zero attached hydrogens (tertiary/aromatic N) is 1. The van der Waals surface area contributed by atoms with Gasteiger partial charge >= 0.3 is 6.03 Å². The van der Waals surface area contributed by atoms with Crippen LogP contribution in [-0.4, -0.2) is 61.3 Å². The highest BCUT2D eigenvalue weighted by molar-refractivity contribution is 5.96. The van der Waals surface area contributed by atoms with E-state index in [-0.39, 0.29) is 13.0 Å². The SMILES string of the molecule is CN(C(=O)NC(CC(N)=O)C(=O)NC(Cc1ccccc1)C(O)CNCCc1ccccc1)c1ccccc1. The molecule has 6 N–H and O–H groups in total. The number of amides is 4. The van der Waals surface area contributed by atoms with Crippen LogP contribution in [0.15, 0.2) is 91.0 Å². The van der Waals surface area contributed by atoms with Crippen molar-refractivity contribution in [1.29, 1.82) is 0 Å². The van der Waals surface area contributed by atoms with E-state index in [1.54, 1.807) is 31.3 Å². The van der Waals surface area contributed by atoms with Gasteiger partial charge in [-0.1, -0.05) is 78.9 Å². The van der Waals surface area contributed by atoms with Gasteiger partial charge in [-0.2, -0.15) is 0 Å². The number of aliphatic hydroxyl groups is 1. The number of primary amides is 1. The zero-order valence-electron chi connectivity index (χ0n) is 22.1. The van der Waals surface area contributed by atoms with Crippen LogP contribution in [0.1, 0.15) is 17.5 Å². The fraction of sp³-hybridized carbons (Fsp3) is 0.300. The van der Waals surface area contributed by atoms with Crippen molar-refractivity contribution >= 4 is 23.5 Å². The Morgan fingerprint density at radius 1 is 0.846 bits per heavy atom. The molecule has 0 heterocycles. The Kier molecular flexibility index (Phi) is 11.5. The summed E-state index contributed by atoms with van der Waals surface area (Å²) >= 11 is 0. The molecular weight excluding hydrogens is 494 g/mol. The third-order valence-corrected chi connectivity index (χ3v) is 6.34. The Hall–Kier alpha value is -4.21. The fourth-order valence-electron chi connectivity index (χ4n) is 4.13. The van der Waals surface area contributed by atoms with E-state index >= 15 is 0 Å². The summed E-state index contributed by atoms with van der Waals surface area (Å²) in [5.74, 6) is -1.34. The summed E-state index contributed by atoms with van der Waals surface area (Å²) in [6, 6.07) is 25.9. The van der Waals surface area contributed by atoms with Gasteiger partial charge in [0.1, 0.15) is 6.04 Å². The molecule has 0 bridgehead atoms. The van der Waals surface area contributed by atoms with E-state index < -0.39 is 36.0 Å². The van der Waals surface area contributed by atoms with E-state index in [9.17, 15) is 19.5 Å². The minimum atomic E-state index is -1.21. The molecule has 3 unspecified atom stereocenters. The largest absolute Gasteiger partial charge is 0.390 e. The Labute approximate surface area is 229 Å². The second-order valence-electron chi connectivity index (χ2n) is 9.38. The van der Waals surface area contributed by atoms with Crippen molar-refractivity contribution in [2.75, 3.05) is 25.0 Å². The third-order valence-electron chi connectivity index (χ3n) is 6.34. The monoisotopic (exact) mass is 531 g/mol. The molecule has 0 aromatic heterocycles. The number of carbonyl (C=O) groups excluding carboxylic acids is 3. The molecule has 0 saturated heterocycles. The first-order valence-electron chi connectivity index (χ1n) is 13.0. The minimum Gasteiger partial charge on any atom is -0.390 e. The van der Waals surface area contributed by atoms with Crippen molar-refractivity contribution < 1.29 is 19.5 Å². The first kappa shape index (κ1) is 29.3. The molecule has 0 fully saturated rings. The normalized spacial score (nSPS) is 13.1. The molecule has 0 aliphatic heterocycles. The van der Waals surface area contributed by atoms with Crippen LogP contribution in [0, 0.1) is 0 Å². The Bertz CT molecular complexity index is 1180. The van der Waals surface area contributed by atoms with Gasteiger partial charge in [-0.05, 0) is 42.6 Å². The second kappa shape index (κ2) is 15.3. The molecule has 0 aliphatic rings. The molecule has 39 heavy (non-hydrogen) atoms.